The number of benzene rings is 2. The first-order valence-electron chi connectivity index (χ1n) is 9.10. The Labute approximate surface area is 150 Å². The van der Waals surface area contributed by atoms with Crippen molar-refractivity contribution in [3.05, 3.63) is 65.2 Å². The number of carbonyl (C=O) groups excluding carboxylic acids is 1. The van der Waals surface area contributed by atoms with E-state index in [4.69, 9.17) is 5.73 Å². The van der Waals surface area contributed by atoms with Crippen LogP contribution in [0.1, 0.15) is 36.0 Å². The molecule has 0 saturated carbocycles. The Balaban J connectivity index is 1.45. The number of nitrogen functional groups attached to an aromatic ring is 1. The van der Waals surface area contributed by atoms with E-state index in [1.807, 2.05) is 24.3 Å². The molecule has 132 valence electrons. The second-order valence-electron chi connectivity index (χ2n) is 6.85. The number of amides is 1. The normalized spacial score (nSPS) is 15.0. The zero-order valence-corrected chi connectivity index (χ0v) is 14.7. The topological polar surface area (TPSA) is 58.4 Å². The van der Waals surface area contributed by atoms with E-state index in [9.17, 15) is 4.79 Å². The number of rotatable bonds is 6. The molecule has 0 aromatic heterocycles. The van der Waals surface area contributed by atoms with Crippen molar-refractivity contribution in [2.75, 3.05) is 18.8 Å². The first kappa shape index (κ1) is 17.5. The third-order valence-electron chi connectivity index (χ3n) is 4.68. The third kappa shape index (κ3) is 5.61. The molecule has 4 nitrogen and oxygen atoms in total. The highest BCUT2D eigenvalue weighted by Gasteiger charge is 2.10. The van der Waals surface area contributed by atoms with Gasteiger partial charge in [0, 0.05) is 18.8 Å². The minimum atomic E-state index is 0.0167. The molecule has 2 aromatic carbocycles. The van der Waals surface area contributed by atoms with Crippen molar-refractivity contribution in [2.45, 2.75) is 38.8 Å². The molecule has 1 aliphatic heterocycles. The molecule has 1 saturated heterocycles. The Kier molecular flexibility index (Phi) is 6.07. The average Bonchev–Trinajstić information content (AvgIpc) is 2.62. The smallest absolute Gasteiger partial charge is 0.224 e. The van der Waals surface area contributed by atoms with E-state index in [2.05, 4.69) is 34.5 Å². The molecule has 3 rings (SSSR count). The summed E-state index contributed by atoms with van der Waals surface area (Å²) < 4.78 is 0. The fraction of sp³-hybridized carbons (Fsp3) is 0.381. The highest BCUT2D eigenvalue weighted by molar-refractivity contribution is 5.78. The Hall–Kier alpha value is -2.33. The molecular formula is C21H27N3O. The zero-order valence-electron chi connectivity index (χ0n) is 14.7. The monoisotopic (exact) mass is 337 g/mol. The number of nitrogens with zero attached hydrogens (tertiary/aromatic N) is 1. The molecule has 3 N–H and O–H groups in total. The molecule has 2 aromatic rings. The van der Waals surface area contributed by atoms with Gasteiger partial charge in [-0.3, -0.25) is 9.69 Å². The number of nitrogens with two attached hydrogens (primary N) is 1. The van der Waals surface area contributed by atoms with Crippen LogP contribution < -0.4 is 11.1 Å². The number of nitrogens with one attached hydrogen (secondary N) is 1. The molecular weight excluding hydrogens is 310 g/mol. The van der Waals surface area contributed by atoms with Crippen LogP contribution >= 0.6 is 0 Å². The van der Waals surface area contributed by atoms with Crippen LogP contribution in [0.3, 0.4) is 0 Å². The molecule has 25 heavy (non-hydrogen) atoms. The number of piperidine rings is 1. The van der Waals surface area contributed by atoms with Gasteiger partial charge in [0.1, 0.15) is 0 Å². The molecule has 0 spiro atoms. The summed E-state index contributed by atoms with van der Waals surface area (Å²) in [6.45, 7) is 4.01. The Bertz CT molecular complexity index is 691. The summed E-state index contributed by atoms with van der Waals surface area (Å²) in [5.74, 6) is 0.0167. The second-order valence-corrected chi connectivity index (χ2v) is 6.85. The summed E-state index contributed by atoms with van der Waals surface area (Å²) >= 11 is 0. The fourth-order valence-corrected chi connectivity index (χ4v) is 3.29. The lowest BCUT2D eigenvalue weighted by atomic mass is 10.1. The quantitative estimate of drug-likeness (QED) is 0.796. The van der Waals surface area contributed by atoms with Crippen LogP contribution in [0.4, 0.5) is 5.69 Å². The maximum Gasteiger partial charge on any atom is 0.224 e. The predicted molar refractivity (Wildman–Crippen MR) is 102 cm³/mol. The van der Waals surface area contributed by atoms with Crippen LogP contribution in [-0.2, 0) is 24.3 Å². The van der Waals surface area contributed by atoms with Gasteiger partial charge in [0.05, 0.1) is 6.42 Å². The number of hydrogen-bond donors (Lipinski definition) is 2. The van der Waals surface area contributed by atoms with Crippen LogP contribution in [0, 0.1) is 0 Å². The van der Waals surface area contributed by atoms with Crippen molar-refractivity contribution >= 4 is 11.6 Å². The van der Waals surface area contributed by atoms with E-state index >= 15 is 0 Å². The van der Waals surface area contributed by atoms with Gasteiger partial charge in [-0.15, -0.1) is 0 Å². The summed E-state index contributed by atoms with van der Waals surface area (Å²) in [4.78, 5) is 14.6. The van der Waals surface area contributed by atoms with Crippen LogP contribution in [0.5, 0.6) is 0 Å². The van der Waals surface area contributed by atoms with Gasteiger partial charge in [0.15, 0.2) is 0 Å². The van der Waals surface area contributed by atoms with Gasteiger partial charge in [-0.05, 0) is 54.8 Å². The van der Waals surface area contributed by atoms with Crippen LogP contribution in [0.2, 0.25) is 0 Å². The van der Waals surface area contributed by atoms with E-state index in [-0.39, 0.29) is 5.91 Å². The maximum atomic E-state index is 12.1. The van der Waals surface area contributed by atoms with Gasteiger partial charge in [0.25, 0.3) is 0 Å². The number of likely N-dealkylation sites (tertiary alicyclic amines) is 1. The third-order valence-corrected chi connectivity index (χ3v) is 4.68. The van der Waals surface area contributed by atoms with E-state index in [0.29, 0.717) is 18.7 Å². The van der Waals surface area contributed by atoms with Crippen molar-refractivity contribution in [3.8, 4) is 0 Å². The van der Waals surface area contributed by atoms with Gasteiger partial charge >= 0.3 is 0 Å². The summed E-state index contributed by atoms with van der Waals surface area (Å²) in [5, 5.41) is 2.98. The minimum Gasteiger partial charge on any atom is -0.399 e. The molecule has 1 fully saturated rings. The summed E-state index contributed by atoms with van der Waals surface area (Å²) in [6, 6.07) is 16.0. The largest absolute Gasteiger partial charge is 0.399 e. The molecule has 4 heteroatoms. The van der Waals surface area contributed by atoms with E-state index < -0.39 is 0 Å². The molecule has 0 aliphatic carbocycles. The first-order valence-corrected chi connectivity index (χ1v) is 9.10. The second kappa shape index (κ2) is 8.67. The van der Waals surface area contributed by atoms with E-state index in [1.165, 1.54) is 37.9 Å². The van der Waals surface area contributed by atoms with Crippen LogP contribution in [-0.4, -0.2) is 23.9 Å². The molecule has 1 amide bonds. The van der Waals surface area contributed by atoms with Crippen molar-refractivity contribution in [3.63, 3.8) is 0 Å². The van der Waals surface area contributed by atoms with Crippen molar-refractivity contribution in [2.24, 2.45) is 0 Å². The van der Waals surface area contributed by atoms with E-state index in [1.54, 1.807) is 0 Å². The molecule has 0 unspecified atom stereocenters. The molecule has 0 radical (unpaired) electrons. The summed E-state index contributed by atoms with van der Waals surface area (Å²) in [5.41, 5.74) is 9.85. The molecule has 0 atom stereocenters. The summed E-state index contributed by atoms with van der Waals surface area (Å²) in [6.07, 6.45) is 4.36. The Morgan fingerprint density at radius 1 is 0.960 bits per heavy atom. The lowest BCUT2D eigenvalue weighted by molar-refractivity contribution is -0.120. The predicted octanol–water partition coefficient (Wildman–Crippen LogP) is 3.11. The maximum absolute atomic E-state index is 12.1. The lowest BCUT2D eigenvalue weighted by Crippen LogP contribution is -2.29. The summed E-state index contributed by atoms with van der Waals surface area (Å²) in [7, 11) is 0. The highest BCUT2D eigenvalue weighted by Crippen LogP contribution is 2.13. The zero-order chi connectivity index (χ0) is 17.5. The average molecular weight is 337 g/mol. The van der Waals surface area contributed by atoms with Crippen molar-refractivity contribution in [1.82, 2.24) is 10.2 Å². The number of hydrogen-bond acceptors (Lipinski definition) is 3. The molecule has 1 aliphatic rings. The van der Waals surface area contributed by atoms with Crippen LogP contribution in [0.15, 0.2) is 48.5 Å². The van der Waals surface area contributed by atoms with Gasteiger partial charge < -0.3 is 11.1 Å². The van der Waals surface area contributed by atoms with Gasteiger partial charge in [0.2, 0.25) is 5.91 Å². The molecule has 1 heterocycles. The van der Waals surface area contributed by atoms with Crippen molar-refractivity contribution in [1.29, 1.82) is 0 Å². The Morgan fingerprint density at radius 2 is 1.68 bits per heavy atom. The SMILES string of the molecule is Nc1cccc(CC(=O)NCc2ccc(CN3CCCCC3)cc2)c1. The standard InChI is InChI=1S/C21H27N3O/c22-20-6-4-5-19(13-20)14-21(25)23-15-17-7-9-18(10-8-17)16-24-11-2-1-3-12-24/h4-10,13H,1-3,11-12,14-16,22H2,(H,23,25). The first-order chi connectivity index (χ1) is 12.2. The highest BCUT2D eigenvalue weighted by atomic mass is 16.1. The minimum absolute atomic E-state index is 0.0167. The lowest BCUT2D eigenvalue weighted by Gasteiger charge is -2.26. The van der Waals surface area contributed by atoms with E-state index in [0.717, 1.165) is 17.7 Å². The van der Waals surface area contributed by atoms with Crippen molar-refractivity contribution < 1.29 is 4.79 Å². The number of anilines is 1. The van der Waals surface area contributed by atoms with Gasteiger partial charge in [-0.25, -0.2) is 0 Å². The molecule has 0 bridgehead atoms. The van der Waals surface area contributed by atoms with Gasteiger partial charge in [-0.2, -0.15) is 0 Å². The number of carbonyl (C=O) groups is 1. The fourth-order valence-electron chi connectivity index (χ4n) is 3.29. The van der Waals surface area contributed by atoms with Crippen LogP contribution in [0.25, 0.3) is 0 Å². The van der Waals surface area contributed by atoms with Gasteiger partial charge in [-0.1, -0.05) is 42.8 Å². The Morgan fingerprint density at radius 3 is 2.40 bits per heavy atom.